The molecule has 100 valence electrons. The molecule has 0 saturated heterocycles. The summed E-state index contributed by atoms with van der Waals surface area (Å²) in [6.07, 6.45) is 0.751. The van der Waals surface area contributed by atoms with Gasteiger partial charge >= 0.3 is 0 Å². The third-order valence-corrected chi connectivity index (χ3v) is 3.52. The second-order valence-electron chi connectivity index (χ2n) is 4.29. The molecule has 0 amide bonds. The van der Waals surface area contributed by atoms with Gasteiger partial charge in [-0.05, 0) is 25.7 Å². The van der Waals surface area contributed by atoms with Crippen molar-refractivity contribution in [1.82, 2.24) is 9.97 Å². The highest BCUT2D eigenvalue weighted by Crippen LogP contribution is 2.42. The van der Waals surface area contributed by atoms with Gasteiger partial charge in [0.15, 0.2) is 5.82 Å². The minimum Gasteiger partial charge on any atom is -0.370 e. The summed E-state index contributed by atoms with van der Waals surface area (Å²) in [5, 5.41) is 0.329. The summed E-state index contributed by atoms with van der Waals surface area (Å²) in [5.41, 5.74) is 0.238. The van der Waals surface area contributed by atoms with Crippen molar-refractivity contribution in [1.29, 1.82) is 0 Å². The molecule has 1 aliphatic rings. The van der Waals surface area contributed by atoms with Crippen LogP contribution in [0.25, 0.3) is 0 Å². The van der Waals surface area contributed by atoms with Gasteiger partial charge in [0.2, 0.25) is 0 Å². The van der Waals surface area contributed by atoms with E-state index < -0.39 is 6.43 Å². The first-order valence-corrected chi connectivity index (χ1v) is 7.11. The predicted octanol–water partition coefficient (Wildman–Crippen LogP) is 3.80. The van der Waals surface area contributed by atoms with Crippen LogP contribution in [0.1, 0.15) is 49.4 Å². The van der Waals surface area contributed by atoms with Gasteiger partial charge in [0.25, 0.3) is 6.43 Å². The molecule has 1 atom stereocenters. The predicted molar refractivity (Wildman–Crippen MR) is 66.7 cm³/mol. The molecule has 0 bridgehead atoms. The van der Waals surface area contributed by atoms with Gasteiger partial charge in [0.05, 0.1) is 0 Å². The van der Waals surface area contributed by atoms with Crippen LogP contribution in [-0.2, 0) is 10.1 Å². The molecule has 1 unspecified atom stereocenters. The number of hydrogen-bond donors (Lipinski definition) is 0. The Balaban J connectivity index is 2.29. The van der Waals surface area contributed by atoms with Crippen LogP contribution in [-0.4, -0.2) is 16.6 Å². The molecule has 0 spiro atoms. The zero-order chi connectivity index (χ0) is 13.1. The first kappa shape index (κ1) is 13.8. The highest BCUT2D eigenvalue weighted by atomic mass is 79.9. The van der Waals surface area contributed by atoms with E-state index in [1.165, 1.54) is 6.20 Å². The van der Waals surface area contributed by atoms with Gasteiger partial charge < -0.3 is 4.74 Å². The molecule has 0 aromatic carbocycles. The van der Waals surface area contributed by atoms with Gasteiger partial charge in [0.1, 0.15) is 11.8 Å². The van der Waals surface area contributed by atoms with E-state index in [9.17, 15) is 8.78 Å². The average Bonchev–Trinajstić information content (AvgIpc) is 3.19. The molecule has 0 N–H and O–H groups in total. The lowest BCUT2D eigenvalue weighted by atomic mass is 10.2. The van der Waals surface area contributed by atoms with Gasteiger partial charge in [-0.2, -0.15) is 0 Å². The Morgan fingerprint density at radius 1 is 1.50 bits per heavy atom. The zero-order valence-corrected chi connectivity index (χ0v) is 11.7. The molecule has 2 rings (SSSR count). The first-order chi connectivity index (χ1) is 8.67. The van der Waals surface area contributed by atoms with Crippen LogP contribution in [0.5, 0.6) is 0 Å². The third kappa shape index (κ3) is 3.03. The second kappa shape index (κ2) is 6.02. The van der Waals surface area contributed by atoms with E-state index in [2.05, 4.69) is 25.9 Å². The fourth-order valence-corrected chi connectivity index (χ4v) is 2.30. The smallest absolute Gasteiger partial charge is 0.280 e. The summed E-state index contributed by atoms with van der Waals surface area (Å²) in [4.78, 5) is 8.18. The minimum atomic E-state index is -2.58. The molecule has 1 heterocycles. The summed E-state index contributed by atoms with van der Waals surface area (Å²) >= 11 is 3.17. The molecule has 1 saturated carbocycles. The van der Waals surface area contributed by atoms with Crippen LogP contribution < -0.4 is 0 Å². The van der Waals surface area contributed by atoms with Crippen molar-refractivity contribution in [3.05, 3.63) is 23.3 Å². The van der Waals surface area contributed by atoms with Gasteiger partial charge in [-0.15, -0.1) is 0 Å². The van der Waals surface area contributed by atoms with E-state index in [0.717, 1.165) is 12.8 Å². The van der Waals surface area contributed by atoms with E-state index in [1.807, 2.05) is 6.92 Å². The Labute approximate surface area is 113 Å². The molecule has 1 fully saturated rings. The molecule has 3 nitrogen and oxygen atoms in total. The molecule has 1 aliphatic carbocycles. The lowest BCUT2D eigenvalue weighted by Gasteiger charge is -2.16. The lowest BCUT2D eigenvalue weighted by Crippen LogP contribution is -2.13. The highest BCUT2D eigenvalue weighted by molar-refractivity contribution is 9.08. The monoisotopic (exact) mass is 320 g/mol. The molecule has 1 aromatic rings. The van der Waals surface area contributed by atoms with Crippen LogP contribution in [0.15, 0.2) is 6.20 Å². The summed E-state index contributed by atoms with van der Waals surface area (Å²) < 4.78 is 31.4. The Bertz CT molecular complexity index is 413. The van der Waals surface area contributed by atoms with E-state index in [4.69, 9.17) is 4.74 Å². The van der Waals surface area contributed by atoms with Crippen molar-refractivity contribution in [2.75, 3.05) is 6.61 Å². The standard InChI is InChI=1S/C12H15BrF2N2O/c1-2-18-10(7-3-4-7)12-16-6-8(5-13)9(17-12)11(14)15/h6-7,10-11H,2-5H2,1H3. The number of aromatic nitrogens is 2. The molecular weight excluding hydrogens is 306 g/mol. The highest BCUT2D eigenvalue weighted by Gasteiger charge is 2.35. The van der Waals surface area contributed by atoms with Gasteiger partial charge in [-0.3, -0.25) is 0 Å². The van der Waals surface area contributed by atoms with Crippen LogP contribution in [0.4, 0.5) is 8.78 Å². The number of nitrogens with zero attached hydrogens (tertiary/aromatic N) is 2. The van der Waals surface area contributed by atoms with E-state index in [1.54, 1.807) is 0 Å². The number of hydrogen-bond acceptors (Lipinski definition) is 3. The second-order valence-corrected chi connectivity index (χ2v) is 4.85. The summed E-state index contributed by atoms with van der Waals surface area (Å²) in [6, 6.07) is 0. The van der Waals surface area contributed by atoms with Crippen molar-refractivity contribution >= 4 is 15.9 Å². The topological polar surface area (TPSA) is 35.0 Å². The quantitative estimate of drug-likeness (QED) is 0.748. The molecule has 0 radical (unpaired) electrons. The van der Waals surface area contributed by atoms with Gasteiger partial charge in [0, 0.05) is 23.7 Å². The maximum Gasteiger partial charge on any atom is 0.280 e. The average molecular weight is 321 g/mol. The van der Waals surface area contributed by atoms with Crippen LogP contribution >= 0.6 is 15.9 Å². The minimum absolute atomic E-state index is 0.192. The molecule has 0 aliphatic heterocycles. The maximum atomic E-state index is 12.9. The Hall–Kier alpha value is -0.620. The lowest BCUT2D eigenvalue weighted by molar-refractivity contribution is 0.0390. The van der Waals surface area contributed by atoms with Crippen LogP contribution in [0.2, 0.25) is 0 Å². The Morgan fingerprint density at radius 2 is 2.22 bits per heavy atom. The van der Waals surface area contributed by atoms with Crippen molar-refractivity contribution < 1.29 is 13.5 Å². The fraction of sp³-hybridized carbons (Fsp3) is 0.667. The van der Waals surface area contributed by atoms with Crippen molar-refractivity contribution in [3.8, 4) is 0 Å². The number of alkyl halides is 3. The number of halogens is 3. The van der Waals surface area contributed by atoms with Gasteiger partial charge in [-0.25, -0.2) is 18.7 Å². The van der Waals surface area contributed by atoms with Gasteiger partial charge in [-0.1, -0.05) is 15.9 Å². The Kier molecular flexibility index (Phi) is 4.61. The number of ether oxygens (including phenoxy) is 1. The summed E-state index contributed by atoms with van der Waals surface area (Å²) in [5.74, 6) is 0.768. The molecule has 6 heteroatoms. The first-order valence-electron chi connectivity index (χ1n) is 5.98. The summed E-state index contributed by atoms with van der Waals surface area (Å²) in [6.45, 7) is 2.42. The van der Waals surface area contributed by atoms with Crippen LogP contribution in [0.3, 0.4) is 0 Å². The molecule has 18 heavy (non-hydrogen) atoms. The normalized spacial score (nSPS) is 17.2. The molecule has 1 aromatic heterocycles. The van der Waals surface area contributed by atoms with Crippen molar-refractivity contribution in [3.63, 3.8) is 0 Å². The molecular formula is C12H15BrF2N2O. The summed E-state index contributed by atoms with van der Waals surface area (Å²) in [7, 11) is 0. The van der Waals surface area contributed by atoms with E-state index >= 15 is 0 Å². The zero-order valence-electron chi connectivity index (χ0n) is 10.1. The van der Waals surface area contributed by atoms with E-state index in [-0.39, 0.29) is 11.8 Å². The van der Waals surface area contributed by atoms with E-state index in [0.29, 0.717) is 29.2 Å². The fourth-order valence-electron chi connectivity index (χ4n) is 1.86. The third-order valence-electron chi connectivity index (χ3n) is 2.92. The van der Waals surface area contributed by atoms with Crippen molar-refractivity contribution in [2.45, 2.75) is 37.6 Å². The Morgan fingerprint density at radius 3 is 2.72 bits per heavy atom. The van der Waals surface area contributed by atoms with Crippen LogP contribution in [0, 0.1) is 5.92 Å². The maximum absolute atomic E-state index is 12.9. The largest absolute Gasteiger partial charge is 0.370 e. The van der Waals surface area contributed by atoms with Crippen molar-refractivity contribution in [2.24, 2.45) is 5.92 Å². The number of rotatable bonds is 6. The SMILES string of the molecule is CCOC(c1ncc(CBr)c(C(F)F)n1)C1CC1.